The summed E-state index contributed by atoms with van der Waals surface area (Å²) in [6.45, 7) is 6.80. The number of para-hydroxylation sites is 1. The number of benzene rings is 2. The van der Waals surface area contributed by atoms with Crippen molar-refractivity contribution in [1.82, 2.24) is 0 Å². The highest BCUT2D eigenvalue weighted by Crippen LogP contribution is 2.34. The predicted molar refractivity (Wildman–Crippen MR) is 105 cm³/mol. The summed E-state index contributed by atoms with van der Waals surface area (Å²) in [6.07, 6.45) is 2.82. The number of esters is 1. The lowest BCUT2D eigenvalue weighted by molar-refractivity contribution is -0.143. The molecular weight excluding hydrogens is 324 g/mol. The Balaban J connectivity index is 1.86. The minimum atomic E-state index is -0.167. The van der Waals surface area contributed by atoms with Crippen LogP contribution in [-0.2, 0) is 16.0 Å². The maximum absolute atomic E-state index is 12.0. The molecule has 134 valence electrons. The first-order valence-electron chi connectivity index (χ1n) is 9.11. The molecule has 3 nitrogen and oxygen atoms in total. The molecule has 1 aromatic heterocycles. The molecule has 0 aliphatic heterocycles. The molecule has 3 heteroatoms. The van der Waals surface area contributed by atoms with Crippen LogP contribution < -0.4 is 0 Å². The van der Waals surface area contributed by atoms with Gasteiger partial charge in [0.15, 0.2) is 0 Å². The Bertz CT molecular complexity index is 890. The van der Waals surface area contributed by atoms with Gasteiger partial charge >= 0.3 is 5.97 Å². The Morgan fingerprint density at radius 2 is 1.81 bits per heavy atom. The third-order valence-corrected chi connectivity index (χ3v) is 4.43. The van der Waals surface area contributed by atoms with E-state index in [0.717, 1.165) is 46.3 Å². The van der Waals surface area contributed by atoms with Gasteiger partial charge in [-0.15, -0.1) is 0 Å². The van der Waals surface area contributed by atoms with Crippen molar-refractivity contribution in [1.29, 1.82) is 0 Å². The van der Waals surface area contributed by atoms with E-state index in [9.17, 15) is 4.79 Å². The Morgan fingerprint density at radius 3 is 2.58 bits per heavy atom. The average molecular weight is 348 g/mol. The van der Waals surface area contributed by atoms with E-state index in [4.69, 9.17) is 9.15 Å². The van der Waals surface area contributed by atoms with E-state index in [2.05, 4.69) is 13.5 Å². The van der Waals surface area contributed by atoms with Crippen molar-refractivity contribution in [3.05, 3.63) is 78.1 Å². The van der Waals surface area contributed by atoms with Gasteiger partial charge in [-0.05, 0) is 24.5 Å². The van der Waals surface area contributed by atoms with Crippen molar-refractivity contribution in [2.24, 2.45) is 0 Å². The van der Waals surface area contributed by atoms with Gasteiger partial charge in [0, 0.05) is 22.9 Å². The highest BCUT2D eigenvalue weighted by molar-refractivity contribution is 5.90. The van der Waals surface area contributed by atoms with Crippen LogP contribution in [0.2, 0.25) is 0 Å². The number of furan rings is 1. The summed E-state index contributed by atoms with van der Waals surface area (Å²) in [5.74, 6) is 0.582. The van der Waals surface area contributed by atoms with Gasteiger partial charge in [0.05, 0.1) is 6.61 Å². The quantitative estimate of drug-likeness (QED) is 0.383. The minimum Gasteiger partial charge on any atom is -0.466 e. The number of carbonyl (C=O) groups excluding carboxylic acids is 1. The summed E-state index contributed by atoms with van der Waals surface area (Å²) >= 11 is 0. The fourth-order valence-electron chi connectivity index (χ4n) is 2.99. The molecule has 0 unspecified atom stereocenters. The lowest BCUT2D eigenvalue weighted by atomic mass is 9.98. The number of fused-ring (bicyclic) bond motifs is 1. The molecule has 3 rings (SSSR count). The first-order chi connectivity index (χ1) is 12.7. The fourth-order valence-corrected chi connectivity index (χ4v) is 2.99. The van der Waals surface area contributed by atoms with Crippen LogP contribution in [0.4, 0.5) is 0 Å². The summed E-state index contributed by atoms with van der Waals surface area (Å²) in [7, 11) is 0. The monoisotopic (exact) mass is 348 g/mol. The van der Waals surface area contributed by atoms with Crippen molar-refractivity contribution < 1.29 is 13.9 Å². The van der Waals surface area contributed by atoms with Gasteiger partial charge in [0.25, 0.3) is 0 Å². The summed E-state index contributed by atoms with van der Waals surface area (Å²) in [5, 5.41) is 1.03. The van der Waals surface area contributed by atoms with E-state index < -0.39 is 0 Å². The van der Waals surface area contributed by atoms with Gasteiger partial charge in [-0.3, -0.25) is 4.79 Å². The van der Waals surface area contributed by atoms with Crippen LogP contribution >= 0.6 is 0 Å². The lowest BCUT2D eigenvalue weighted by Crippen LogP contribution is -2.07. The fraction of sp³-hybridized carbons (Fsp3) is 0.261. The Labute approximate surface area is 154 Å². The molecule has 0 amide bonds. The largest absolute Gasteiger partial charge is 0.466 e. The predicted octanol–water partition coefficient (Wildman–Crippen LogP) is 5.77. The minimum absolute atomic E-state index is 0.167. The summed E-state index contributed by atoms with van der Waals surface area (Å²) in [4.78, 5) is 12.0. The molecule has 1 heterocycles. The number of rotatable bonds is 8. The van der Waals surface area contributed by atoms with Crippen LogP contribution in [0.25, 0.3) is 16.5 Å². The van der Waals surface area contributed by atoms with Crippen LogP contribution in [0, 0.1) is 0 Å². The highest BCUT2D eigenvalue weighted by Gasteiger charge is 2.18. The zero-order chi connectivity index (χ0) is 18.4. The SMILES string of the molecule is C=C(c1ccccc1)c1oc2ccccc2c1CCC(=O)OCCCC. The lowest BCUT2D eigenvalue weighted by Gasteiger charge is -2.07. The van der Waals surface area contributed by atoms with Crippen LogP contribution in [0.5, 0.6) is 0 Å². The number of aryl methyl sites for hydroxylation is 1. The van der Waals surface area contributed by atoms with Gasteiger partial charge in [0.2, 0.25) is 0 Å². The van der Waals surface area contributed by atoms with E-state index in [1.54, 1.807) is 0 Å². The third kappa shape index (κ3) is 4.05. The van der Waals surface area contributed by atoms with E-state index in [-0.39, 0.29) is 5.97 Å². The number of ether oxygens (including phenoxy) is 1. The van der Waals surface area contributed by atoms with Crippen LogP contribution in [-0.4, -0.2) is 12.6 Å². The van der Waals surface area contributed by atoms with E-state index >= 15 is 0 Å². The summed E-state index contributed by atoms with van der Waals surface area (Å²) in [5.41, 5.74) is 3.67. The van der Waals surface area contributed by atoms with Crippen molar-refractivity contribution >= 4 is 22.5 Å². The van der Waals surface area contributed by atoms with Crippen molar-refractivity contribution in [3.63, 3.8) is 0 Å². The molecular formula is C23H24O3. The van der Waals surface area contributed by atoms with E-state index in [1.165, 1.54) is 0 Å². The number of hydrogen-bond donors (Lipinski definition) is 0. The number of carbonyl (C=O) groups is 1. The zero-order valence-electron chi connectivity index (χ0n) is 15.2. The Kier molecular flexibility index (Phi) is 5.90. The van der Waals surface area contributed by atoms with Gasteiger partial charge < -0.3 is 9.15 Å². The van der Waals surface area contributed by atoms with Crippen LogP contribution in [0.1, 0.15) is 43.1 Å². The molecule has 0 bridgehead atoms. The van der Waals surface area contributed by atoms with Gasteiger partial charge in [-0.2, -0.15) is 0 Å². The standard InChI is InChI=1S/C23H24O3/c1-3-4-16-25-22(24)15-14-20-19-12-8-9-13-21(19)26-23(20)17(2)18-10-6-5-7-11-18/h5-13H,2-4,14-16H2,1H3. The molecule has 26 heavy (non-hydrogen) atoms. The van der Waals surface area contributed by atoms with Crippen LogP contribution in [0.3, 0.4) is 0 Å². The molecule has 2 aromatic carbocycles. The maximum Gasteiger partial charge on any atom is 0.306 e. The maximum atomic E-state index is 12.0. The average Bonchev–Trinajstić information content (AvgIpc) is 3.05. The molecule has 0 fully saturated rings. The molecule has 3 aromatic rings. The number of hydrogen-bond acceptors (Lipinski definition) is 3. The molecule has 0 saturated carbocycles. The zero-order valence-corrected chi connectivity index (χ0v) is 15.2. The van der Waals surface area contributed by atoms with Gasteiger partial charge in [-0.1, -0.05) is 68.5 Å². The van der Waals surface area contributed by atoms with Crippen LogP contribution in [0.15, 0.2) is 65.6 Å². The van der Waals surface area contributed by atoms with E-state index in [1.807, 2.05) is 54.6 Å². The normalized spacial score (nSPS) is 10.8. The van der Waals surface area contributed by atoms with E-state index in [0.29, 0.717) is 19.4 Å². The molecule has 0 atom stereocenters. The van der Waals surface area contributed by atoms with Crippen molar-refractivity contribution in [2.75, 3.05) is 6.61 Å². The molecule has 0 spiro atoms. The second kappa shape index (κ2) is 8.52. The smallest absolute Gasteiger partial charge is 0.306 e. The third-order valence-electron chi connectivity index (χ3n) is 4.43. The first kappa shape index (κ1) is 18.0. The first-order valence-corrected chi connectivity index (χ1v) is 9.11. The molecule has 0 saturated heterocycles. The number of unbranched alkanes of at least 4 members (excludes halogenated alkanes) is 1. The second-order valence-corrected chi connectivity index (χ2v) is 6.32. The topological polar surface area (TPSA) is 39.4 Å². The molecule has 0 N–H and O–H groups in total. The molecule has 0 radical (unpaired) electrons. The molecule has 0 aliphatic carbocycles. The Morgan fingerprint density at radius 1 is 1.08 bits per heavy atom. The molecule has 0 aliphatic rings. The Hall–Kier alpha value is -2.81. The van der Waals surface area contributed by atoms with Crippen molar-refractivity contribution in [2.45, 2.75) is 32.6 Å². The summed E-state index contributed by atoms with van der Waals surface area (Å²) < 4.78 is 11.4. The van der Waals surface area contributed by atoms with Gasteiger partial charge in [0.1, 0.15) is 11.3 Å². The second-order valence-electron chi connectivity index (χ2n) is 6.32. The summed E-state index contributed by atoms with van der Waals surface area (Å²) in [6, 6.07) is 17.9. The van der Waals surface area contributed by atoms with Crippen molar-refractivity contribution in [3.8, 4) is 0 Å². The highest BCUT2D eigenvalue weighted by atomic mass is 16.5. The van der Waals surface area contributed by atoms with Gasteiger partial charge in [-0.25, -0.2) is 0 Å².